The molecule has 1 amide bonds. The maximum absolute atomic E-state index is 11.6. The summed E-state index contributed by atoms with van der Waals surface area (Å²) in [6.07, 6.45) is 1.98. The number of ether oxygens (including phenoxy) is 1. The van der Waals surface area contributed by atoms with Crippen molar-refractivity contribution in [1.29, 1.82) is 0 Å². The van der Waals surface area contributed by atoms with Gasteiger partial charge in [-0.05, 0) is 20.1 Å². The van der Waals surface area contributed by atoms with Crippen LogP contribution in [0.15, 0.2) is 4.21 Å². The summed E-state index contributed by atoms with van der Waals surface area (Å²) in [6.45, 7) is 3.86. The van der Waals surface area contributed by atoms with E-state index in [2.05, 4.69) is 5.32 Å². The second kappa shape index (κ2) is 5.45. The number of rotatable bonds is 4. The molecule has 1 aromatic heterocycles. The first kappa shape index (κ1) is 13.2. The number of nitrogen functional groups attached to an aromatic ring is 1. The van der Waals surface area contributed by atoms with Crippen molar-refractivity contribution in [2.45, 2.75) is 24.2 Å². The molecule has 1 heterocycles. The lowest BCUT2D eigenvalue weighted by Crippen LogP contribution is -2.17. The van der Waals surface area contributed by atoms with E-state index in [4.69, 9.17) is 10.5 Å². The molecular formula is C10H16N2O2S2. The molecule has 90 valence electrons. The molecule has 0 aliphatic carbocycles. The van der Waals surface area contributed by atoms with E-state index in [-0.39, 0.29) is 12.0 Å². The molecule has 0 aliphatic rings. The van der Waals surface area contributed by atoms with Gasteiger partial charge in [-0.15, -0.1) is 23.1 Å². The molecule has 0 saturated heterocycles. The summed E-state index contributed by atoms with van der Waals surface area (Å²) in [7, 11) is 1.59. The second-order valence-corrected chi connectivity index (χ2v) is 5.51. The predicted molar refractivity (Wildman–Crippen MR) is 69.7 cm³/mol. The maximum Gasteiger partial charge on any atom is 0.263 e. The molecule has 4 nitrogen and oxygen atoms in total. The van der Waals surface area contributed by atoms with Crippen LogP contribution in [0.2, 0.25) is 0 Å². The van der Waals surface area contributed by atoms with E-state index < -0.39 is 0 Å². The summed E-state index contributed by atoms with van der Waals surface area (Å²) < 4.78 is 6.56. The van der Waals surface area contributed by atoms with Gasteiger partial charge in [0.25, 0.3) is 5.91 Å². The minimum atomic E-state index is -0.170. The average Bonchev–Trinajstić information content (AvgIpc) is 2.55. The molecule has 1 aromatic rings. The Hall–Kier alpha value is -0.880. The maximum atomic E-state index is 11.6. The van der Waals surface area contributed by atoms with Crippen LogP contribution in [0.5, 0.6) is 5.75 Å². The van der Waals surface area contributed by atoms with Crippen LogP contribution in [-0.2, 0) is 0 Å². The van der Waals surface area contributed by atoms with E-state index in [1.54, 1.807) is 7.05 Å². The molecule has 3 N–H and O–H groups in total. The normalized spacial score (nSPS) is 10.6. The summed E-state index contributed by atoms with van der Waals surface area (Å²) >= 11 is 2.90. The van der Waals surface area contributed by atoms with Gasteiger partial charge in [-0.1, -0.05) is 0 Å². The SMILES string of the molecule is CNC(=O)c1sc(SC)c(OC(C)C)c1N. The van der Waals surface area contributed by atoms with Crippen molar-refractivity contribution >= 4 is 34.7 Å². The van der Waals surface area contributed by atoms with Crippen molar-refractivity contribution in [3.05, 3.63) is 4.88 Å². The summed E-state index contributed by atoms with van der Waals surface area (Å²) in [5.74, 6) is 0.461. The van der Waals surface area contributed by atoms with Gasteiger partial charge in [-0.3, -0.25) is 4.79 Å². The fourth-order valence-electron chi connectivity index (χ4n) is 1.17. The van der Waals surface area contributed by atoms with E-state index in [0.29, 0.717) is 16.3 Å². The van der Waals surface area contributed by atoms with Gasteiger partial charge in [-0.25, -0.2) is 0 Å². The third kappa shape index (κ3) is 2.62. The lowest BCUT2D eigenvalue weighted by Gasteiger charge is -2.10. The van der Waals surface area contributed by atoms with Crippen LogP contribution >= 0.6 is 23.1 Å². The second-order valence-electron chi connectivity index (χ2n) is 3.41. The quantitative estimate of drug-likeness (QED) is 0.815. The van der Waals surface area contributed by atoms with Crippen LogP contribution in [0.4, 0.5) is 5.69 Å². The van der Waals surface area contributed by atoms with Crippen LogP contribution in [0.25, 0.3) is 0 Å². The van der Waals surface area contributed by atoms with Gasteiger partial charge in [-0.2, -0.15) is 0 Å². The first-order valence-electron chi connectivity index (χ1n) is 4.86. The molecular weight excluding hydrogens is 244 g/mol. The first-order valence-corrected chi connectivity index (χ1v) is 6.90. The zero-order valence-corrected chi connectivity index (χ0v) is 11.4. The average molecular weight is 260 g/mol. The Balaban J connectivity index is 3.15. The molecule has 0 atom stereocenters. The standard InChI is InChI=1S/C10H16N2O2S2/c1-5(2)14-7-6(11)8(9(13)12-3)16-10(7)15-4/h5H,11H2,1-4H3,(H,12,13). The van der Waals surface area contributed by atoms with E-state index in [0.717, 1.165) is 4.21 Å². The number of hydrogen-bond donors (Lipinski definition) is 2. The molecule has 0 fully saturated rings. The highest BCUT2D eigenvalue weighted by molar-refractivity contribution is 8.00. The number of amides is 1. The van der Waals surface area contributed by atoms with E-state index in [1.807, 2.05) is 20.1 Å². The number of nitrogens with two attached hydrogens (primary N) is 1. The molecule has 1 rings (SSSR count). The van der Waals surface area contributed by atoms with Crippen LogP contribution < -0.4 is 15.8 Å². The number of carbonyl (C=O) groups is 1. The van der Waals surface area contributed by atoms with Crippen molar-refractivity contribution in [2.75, 3.05) is 19.0 Å². The van der Waals surface area contributed by atoms with E-state index >= 15 is 0 Å². The van der Waals surface area contributed by atoms with Crippen molar-refractivity contribution < 1.29 is 9.53 Å². The largest absolute Gasteiger partial charge is 0.487 e. The van der Waals surface area contributed by atoms with E-state index in [1.165, 1.54) is 23.1 Å². The Morgan fingerprint density at radius 3 is 2.62 bits per heavy atom. The lowest BCUT2D eigenvalue weighted by atomic mass is 10.3. The smallest absolute Gasteiger partial charge is 0.263 e. The van der Waals surface area contributed by atoms with Gasteiger partial charge in [0.1, 0.15) is 9.09 Å². The number of thiophene rings is 1. The monoisotopic (exact) mass is 260 g/mol. The number of nitrogens with one attached hydrogen (secondary N) is 1. The van der Waals surface area contributed by atoms with Gasteiger partial charge >= 0.3 is 0 Å². The Bertz CT molecular complexity index is 388. The van der Waals surface area contributed by atoms with E-state index in [9.17, 15) is 4.79 Å². The summed E-state index contributed by atoms with van der Waals surface area (Å²) in [6, 6.07) is 0. The van der Waals surface area contributed by atoms with Gasteiger partial charge in [0.05, 0.1) is 11.8 Å². The number of thioether (sulfide) groups is 1. The van der Waals surface area contributed by atoms with Crippen LogP contribution in [0.1, 0.15) is 23.5 Å². The van der Waals surface area contributed by atoms with Gasteiger partial charge in [0.15, 0.2) is 5.75 Å². The molecule has 0 bridgehead atoms. The molecule has 0 aliphatic heterocycles. The Morgan fingerprint density at radius 2 is 2.19 bits per heavy atom. The third-order valence-electron chi connectivity index (χ3n) is 1.84. The summed E-state index contributed by atoms with van der Waals surface area (Å²) in [5, 5.41) is 2.57. The highest BCUT2D eigenvalue weighted by atomic mass is 32.2. The summed E-state index contributed by atoms with van der Waals surface area (Å²) in [5.41, 5.74) is 6.35. The third-order valence-corrected chi connectivity index (χ3v) is 4.13. The number of carbonyl (C=O) groups excluding carboxylic acids is 1. The van der Waals surface area contributed by atoms with Crippen LogP contribution in [0, 0.1) is 0 Å². The molecule has 0 saturated carbocycles. The van der Waals surface area contributed by atoms with Crippen LogP contribution in [0.3, 0.4) is 0 Å². The van der Waals surface area contributed by atoms with Gasteiger partial charge < -0.3 is 15.8 Å². The Morgan fingerprint density at radius 1 is 1.56 bits per heavy atom. The minimum Gasteiger partial charge on any atom is -0.487 e. The van der Waals surface area contributed by atoms with Crippen molar-refractivity contribution in [3.8, 4) is 5.75 Å². The van der Waals surface area contributed by atoms with Crippen molar-refractivity contribution in [2.24, 2.45) is 0 Å². The fraction of sp³-hybridized carbons (Fsp3) is 0.500. The molecule has 0 aromatic carbocycles. The minimum absolute atomic E-state index is 0.0420. The van der Waals surface area contributed by atoms with Crippen molar-refractivity contribution in [3.63, 3.8) is 0 Å². The van der Waals surface area contributed by atoms with Gasteiger partial charge in [0, 0.05) is 7.05 Å². The molecule has 0 spiro atoms. The highest BCUT2D eigenvalue weighted by Crippen LogP contribution is 2.43. The summed E-state index contributed by atoms with van der Waals surface area (Å²) in [4.78, 5) is 12.1. The lowest BCUT2D eigenvalue weighted by molar-refractivity contribution is 0.0967. The molecule has 6 heteroatoms. The Kier molecular flexibility index (Phi) is 4.49. The molecule has 0 radical (unpaired) electrons. The van der Waals surface area contributed by atoms with Crippen molar-refractivity contribution in [1.82, 2.24) is 5.32 Å². The fourth-order valence-corrected chi connectivity index (χ4v) is 2.93. The molecule has 16 heavy (non-hydrogen) atoms. The zero-order valence-electron chi connectivity index (χ0n) is 9.79. The number of hydrogen-bond acceptors (Lipinski definition) is 5. The predicted octanol–water partition coefficient (Wildman–Crippen LogP) is 2.20. The molecule has 0 unspecified atom stereocenters. The van der Waals surface area contributed by atoms with Crippen LogP contribution in [-0.4, -0.2) is 25.3 Å². The zero-order chi connectivity index (χ0) is 12.3. The topological polar surface area (TPSA) is 64.3 Å². The highest BCUT2D eigenvalue weighted by Gasteiger charge is 2.21. The Labute approximate surface area is 104 Å². The first-order chi connectivity index (χ1) is 7.51. The van der Waals surface area contributed by atoms with Gasteiger partial charge in [0.2, 0.25) is 0 Å². The number of anilines is 1.